The second-order valence-electron chi connectivity index (χ2n) is 6.01. The summed E-state index contributed by atoms with van der Waals surface area (Å²) in [6.45, 7) is 1.85. The Morgan fingerprint density at radius 3 is 2.67 bits per heavy atom. The summed E-state index contributed by atoms with van der Waals surface area (Å²) in [6, 6.07) is 7.51. The molecule has 0 atom stereocenters. The number of carbonyl (C=O) groups is 1. The molecule has 1 aliphatic rings. The van der Waals surface area contributed by atoms with E-state index in [4.69, 9.17) is 9.15 Å². The number of hydrogen-bond acceptors (Lipinski definition) is 4. The lowest BCUT2D eigenvalue weighted by Gasteiger charge is -2.29. The number of ether oxygens (including phenoxy) is 1. The lowest BCUT2D eigenvalue weighted by molar-refractivity contribution is -0.138. The third-order valence-corrected chi connectivity index (χ3v) is 4.17. The molecule has 1 amide bonds. The molecule has 8 heteroatoms. The van der Waals surface area contributed by atoms with Crippen LogP contribution in [0.5, 0.6) is 0 Å². The van der Waals surface area contributed by atoms with E-state index in [1.54, 1.807) is 18.2 Å². The molecule has 1 aromatic heterocycles. The molecule has 2 heterocycles. The summed E-state index contributed by atoms with van der Waals surface area (Å²) in [7, 11) is 0. The lowest BCUT2D eigenvalue weighted by atomic mass is 10.0. The number of furan rings is 1. The Morgan fingerprint density at radius 1 is 1.22 bits per heavy atom. The Bertz CT molecular complexity index is 795. The van der Waals surface area contributed by atoms with Crippen molar-refractivity contribution in [3.05, 3.63) is 59.6 Å². The molecule has 1 aromatic carbocycles. The van der Waals surface area contributed by atoms with Gasteiger partial charge in [0.1, 0.15) is 5.76 Å². The Morgan fingerprint density at radius 2 is 2.00 bits per heavy atom. The van der Waals surface area contributed by atoms with Crippen LogP contribution in [0.1, 0.15) is 16.9 Å². The van der Waals surface area contributed by atoms with Gasteiger partial charge in [0.15, 0.2) is 0 Å². The molecule has 0 bridgehead atoms. The SMILES string of the molecule is O=C(C=Cc1ccco1)NCc1ccc(N2CCOCC2)cc1C(F)(F)F. The van der Waals surface area contributed by atoms with E-state index in [2.05, 4.69) is 5.32 Å². The van der Waals surface area contributed by atoms with Gasteiger partial charge in [-0.1, -0.05) is 6.07 Å². The number of amides is 1. The molecule has 0 aliphatic carbocycles. The van der Waals surface area contributed by atoms with E-state index in [1.165, 1.54) is 24.5 Å². The van der Waals surface area contributed by atoms with Crippen LogP contribution in [0.25, 0.3) is 6.08 Å². The van der Waals surface area contributed by atoms with Crippen molar-refractivity contribution in [2.45, 2.75) is 12.7 Å². The summed E-state index contributed by atoms with van der Waals surface area (Å²) in [5, 5.41) is 2.47. The molecule has 27 heavy (non-hydrogen) atoms. The molecule has 1 N–H and O–H groups in total. The maximum absolute atomic E-state index is 13.5. The molecule has 2 aromatic rings. The van der Waals surface area contributed by atoms with E-state index in [0.29, 0.717) is 37.8 Å². The lowest BCUT2D eigenvalue weighted by Crippen LogP contribution is -2.36. The Balaban J connectivity index is 1.71. The topological polar surface area (TPSA) is 54.7 Å². The molecular weight excluding hydrogens is 361 g/mol. The van der Waals surface area contributed by atoms with Gasteiger partial charge in [0.05, 0.1) is 25.0 Å². The van der Waals surface area contributed by atoms with Crippen LogP contribution in [-0.2, 0) is 22.3 Å². The Kier molecular flexibility index (Phi) is 5.85. The number of morpholine rings is 1. The number of hydrogen-bond donors (Lipinski definition) is 1. The minimum absolute atomic E-state index is 0.0132. The summed E-state index contributed by atoms with van der Waals surface area (Å²) in [4.78, 5) is 13.7. The highest BCUT2D eigenvalue weighted by Crippen LogP contribution is 2.35. The van der Waals surface area contributed by atoms with E-state index >= 15 is 0 Å². The minimum Gasteiger partial charge on any atom is -0.465 e. The molecule has 3 rings (SSSR count). The summed E-state index contributed by atoms with van der Waals surface area (Å²) in [6.07, 6.45) is -0.384. The van der Waals surface area contributed by atoms with Gasteiger partial charge >= 0.3 is 6.18 Å². The number of rotatable bonds is 5. The van der Waals surface area contributed by atoms with Crippen molar-refractivity contribution in [3.63, 3.8) is 0 Å². The van der Waals surface area contributed by atoms with E-state index in [1.807, 2.05) is 4.90 Å². The van der Waals surface area contributed by atoms with Crippen molar-refractivity contribution in [3.8, 4) is 0 Å². The zero-order valence-corrected chi connectivity index (χ0v) is 14.5. The van der Waals surface area contributed by atoms with Gasteiger partial charge in [0, 0.05) is 31.4 Å². The van der Waals surface area contributed by atoms with Gasteiger partial charge < -0.3 is 19.4 Å². The number of halogens is 3. The molecule has 5 nitrogen and oxygen atoms in total. The number of alkyl halides is 3. The van der Waals surface area contributed by atoms with Crippen molar-refractivity contribution in [1.29, 1.82) is 0 Å². The number of nitrogens with zero attached hydrogens (tertiary/aromatic N) is 1. The Labute approximate surface area is 154 Å². The van der Waals surface area contributed by atoms with E-state index < -0.39 is 17.6 Å². The van der Waals surface area contributed by atoms with Crippen molar-refractivity contribution in [1.82, 2.24) is 5.32 Å². The second kappa shape index (κ2) is 8.30. The van der Waals surface area contributed by atoms with Gasteiger partial charge in [-0.05, 0) is 35.9 Å². The number of benzene rings is 1. The first kappa shape index (κ1) is 19.0. The third kappa shape index (κ3) is 5.13. The van der Waals surface area contributed by atoms with Crippen LogP contribution in [0.4, 0.5) is 18.9 Å². The zero-order valence-electron chi connectivity index (χ0n) is 14.5. The minimum atomic E-state index is -4.51. The molecule has 144 valence electrons. The average Bonchev–Trinajstić information content (AvgIpc) is 3.18. The highest BCUT2D eigenvalue weighted by molar-refractivity contribution is 5.91. The van der Waals surface area contributed by atoms with Crippen LogP contribution in [0.2, 0.25) is 0 Å². The van der Waals surface area contributed by atoms with Crippen molar-refractivity contribution in [2.75, 3.05) is 31.2 Å². The maximum Gasteiger partial charge on any atom is 0.416 e. The molecule has 0 unspecified atom stereocenters. The summed E-state index contributed by atoms with van der Waals surface area (Å²) in [5.74, 6) is -0.0206. The fourth-order valence-corrected chi connectivity index (χ4v) is 2.79. The first-order valence-corrected chi connectivity index (χ1v) is 8.46. The largest absolute Gasteiger partial charge is 0.465 e. The molecule has 0 radical (unpaired) electrons. The predicted molar refractivity (Wildman–Crippen MR) is 94.1 cm³/mol. The summed E-state index contributed by atoms with van der Waals surface area (Å²) < 4.78 is 50.7. The molecule has 1 saturated heterocycles. The van der Waals surface area contributed by atoms with Crippen LogP contribution < -0.4 is 10.2 Å². The van der Waals surface area contributed by atoms with Crippen molar-refractivity contribution in [2.24, 2.45) is 0 Å². The van der Waals surface area contributed by atoms with Crippen LogP contribution in [0.15, 0.2) is 47.1 Å². The molecular formula is C19H19F3N2O3. The molecule has 1 aliphatic heterocycles. The van der Waals surface area contributed by atoms with Gasteiger partial charge in [0.25, 0.3) is 0 Å². The molecule has 0 saturated carbocycles. The number of anilines is 1. The first-order valence-electron chi connectivity index (χ1n) is 8.46. The fraction of sp³-hybridized carbons (Fsp3) is 0.316. The molecule has 1 fully saturated rings. The van der Waals surface area contributed by atoms with Crippen molar-refractivity contribution >= 4 is 17.7 Å². The van der Waals surface area contributed by atoms with Crippen LogP contribution >= 0.6 is 0 Å². The van der Waals surface area contributed by atoms with Crippen molar-refractivity contribution < 1.29 is 27.1 Å². The monoisotopic (exact) mass is 380 g/mol. The highest BCUT2D eigenvalue weighted by Gasteiger charge is 2.34. The highest BCUT2D eigenvalue weighted by atomic mass is 19.4. The fourth-order valence-electron chi connectivity index (χ4n) is 2.79. The van der Waals surface area contributed by atoms with Gasteiger partial charge in [-0.2, -0.15) is 13.2 Å². The number of carbonyl (C=O) groups excluding carboxylic acids is 1. The second-order valence-corrected chi connectivity index (χ2v) is 6.01. The smallest absolute Gasteiger partial charge is 0.416 e. The maximum atomic E-state index is 13.5. The van der Waals surface area contributed by atoms with Gasteiger partial charge in [0.2, 0.25) is 5.91 Å². The van der Waals surface area contributed by atoms with Gasteiger partial charge in [-0.15, -0.1) is 0 Å². The van der Waals surface area contributed by atoms with E-state index in [9.17, 15) is 18.0 Å². The normalized spacial score (nSPS) is 15.3. The van der Waals surface area contributed by atoms with E-state index in [-0.39, 0.29) is 12.1 Å². The summed E-state index contributed by atoms with van der Waals surface area (Å²) >= 11 is 0. The predicted octanol–water partition coefficient (Wildman–Crippen LogP) is 3.46. The Hall–Kier alpha value is -2.74. The zero-order chi connectivity index (χ0) is 19.3. The van der Waals surface area contributed by atoms with Gasteiger partial charge in [-0.3, -0.25) is 4.79 Å². The van der Waals surface area contributed by atoms with Crippen LogP contribution in [0.3, 0.4) is 0 Å². The standard InChI is InChI=1S/C19H19F3N2O3/c20-19(21,22)17-12-15(24-7-10-26-11-8-24)4-3-14(17)13-23-18(25)6-5-16-2-1-9-27-16/h1-6,9,12H,7-8,10-11,13H2,(H,23,25). The van der Waals surface area contributed by atoms with Crippen LogP contribution in [-0.4, -0.2) is 32.2 Å². The third-order valence-electron chi connectivity index (χ3n) is 4.17. The van der Waals surface area contributed by atoms with Crippen LogP contribution in [0, 0.1) is 0 Å². The quantitative estimate of drug-likeness (QED) is 0.808. The number of nitrogens with one attached hydrogen (secondary N) is 1. The summed E-state index contributed by atoms with van der Waals surface area (Å²) in [5.41, 5.74) is -0.237. The first-order chi connectivity index (χ1) is 12.9. The van der Waals surface area contributed by atoms with Gasteiger partial charge in [-0.25, -0.2) is 0 Å². The average molecular weight is 380 g/mol. The van der Waals surface area contributed by atoms with E-state index in [0.717, 1.165) is 6.07 Å². The molecule has 0 spiro atoms.